The number of piperidine rings is 1. The maximum atomic E-state index is 12.6. The quantitative estimate of drug-likeness (QED) is 0.831. The number of hydrogen-bond donors (Lipinski definition) is 2. The summed E-state index contributed by atoms with van der Waals surface area (Å²) in [5.41, 5.74) is 0.478. The van der Waals surface area contributed by atoms with Crippen molar-refractivity contribution in [2.75, 3.05) is 26.2 Å². The number of carbonyl (C=O) groups excluding carboxylic acids is 2. The molecule has 2 atom stereocenters. The van der Waals surface area contributed by atoms with Crippen molar-refractivity contribution in [3.63, 3.8) is 0 Å². The molecule has 3 rings (SSSR count). The van der Waals surface area contributed by atoms with E-state index in [1.165, 1.54) is 11.3 Å². The van der Waals surface area contributed by atoms with E-state index >= 15 is 0 Å². The largest absolute Gasteiger partial charge is 0.354 e. The van der Waals surface area contributed by atoms with Crippen LogP contribution in [0.15, 0.2) is 6.07 Å². The molecule has 1 aromatic heterocycles. The highest BCUT2D eigenvalue weighted by Gasteiger charge is 2.28. The van der Waals surface area contributed by atoms with Crippen LogP contribution in [0.5, 0.6) is 0 Å². The molecule has 24 heavy (non-hydrogen) atoms. The summed E-state index contributed by atoms with van der Waals surface area (Å²) in [5.74, 6) is 0.279. The number of thiophene rings is 1. The number of carbonyl (C=O) groups is 2. The van der Waals surface area contributed by atoms with Crippen LogP contribution in [0.3, 0.4) is 0 Å². The van der Waals surface area contributed by atoms with Gasteiger partial charge in [0.25, 0.3) is 5.91 Å². The van der Waals surface area contributed by atoms with Gasteiger partial charge in [-0.15, -0.1) is 11.3 Å². The van der Waals surface area contributed by atoms with Gasteiger partial charge in [0, 0.05) is 19.6 Å². The van der Waals surface area contributed by atoms with Crippen LogP contribution >= 0.6 is 34.5 Å². The smallest absolute Gasteiger partial charge is 0.256 e. The van der Waals surface area contributed by atoms with E-state index in [0.717, 1.165) is 38.8 Å². The molecule has 2 fully saturated rings. The van der Waals surface area contributed by atoms with E-state index in [-0.39, 0.29) is 23.8 Å². The molecule has 2 unspecified atom stereocenters. The van der Waals surface area contributed by atoms with Crippen LogP contribution in [0.2, 0.25) is 8.67 Å². The van der Waals surface area contributed by atoms with Crippen molar-refractivity contribution in [2.24, 2.45) is 5.92 Å². The Balaban J connectivity index is 1.53. The van der Waals surface area contributed by atoms with Crippen molar-refractivity contribution in [2.45, 2.75) is 31.7 Å². The van der Waals surface area contributed by atoms with Crippen LogP contribution in [-0.4, -0.2) is 48.9 Å². The van der Waals surface area contributed by atoms with Crippen molar-refractivity contribution in [1.82, 2.24) is 15.5 Å². The van der Waals surface area contributed by atoms with Gasteiger partial charge in [0.15, 0.2) is 0 Å². The van der Waals surface area contributed by atoms with Crippen LogP contribution in [0.1, 0.15) is 36.0 Å². The van der Waals surface area contributed by atoms with Gasteiger partial charge in [-0.2, -0.15) is 0 Å². The third kappa shape index (κ3) is 4.23. The van der Waals surface area contributed by atoms with Gasteiger partial charge in [-0.3, -0.25) is 9.59 Å². The highest BCUT2D eigenvalue weighted by Crippen LogP contribution is 2.32. The van der Waals surface area contributed by atoms with E-state index in [9.17, 15) is 9.59 Å². The standard InChI is InChI=1S/C16H21Cl2N3O2S/c17-13-7-11(14(18)24-13)16(23)21-6-2-3-10(9-21)8-20-15(22)12-4-1-5-19-12/h7,10,12,19H,1-6,8-9H2,(H,20,22). The molecule has 0 aliphatic carbocycles. The van der Waals surface area contributed by atoms with Gasteiger partial charge in [-0.05, 0) is 44.2 Å². The molecule has 8 heteroatoms. The lowest BCUT2D eigenvalue weighted by Gasteiger charge is -2.33. The average molecular weight is 390 g/mol. The summed E-state index contributed by atoms with van der Waals surface area (Å²) in [6, 6.07) is 1.58. The SMILES string of the molecule is O=C(NCC1CCCN(C(=O)c2cc(Cl)sc2Cl)C1)C1CCCN1. The summed E-state index contributed by atoms with van der Waals surface area (Å²) in [5, 5.41) is 6.22. The molecule has 2 amide bonds. The first kappa shape index (κ1) is 18.0. The van der Waals surface area contributed by atoms with Crippen LogP contribution in [0, 0.1) is 5.92 Å². The second-order valence-corrected chi connectivity index (χ2v) is 8.68. The highest BCUT2D eigenvalue weighted by atomic mass is 35.5. The third-order valence-electron chi connectivity index (χ3n) is 4.64. The normalized spacial score (nSPS) is 24.2. The monoisotopic (exact) mass is 389 g/mol. The van der Waals surface area contributed by atoms with Gasteiger partial charge in [-0.25, -0.2) is 0 Å². The van der Waals surface area contributed by atoms with Crippen molar-refractivity contribution in [3.05, 3.63) is 20.3 Å². The third-order valence-corrected chi connectivity index (χ3v) is 6.12. The number of halogens is 2. The van der Waals surface area contributed by atoms with Crippen LogP contribution in [0.4, 0.5) is 0 Å². The first-order chi connectivity index (χ1) is 11.5. The van der Waals surface area contributed by atoms with Gasteiger partial charge >= 0.3 is 0 Å². The number of rotatable bonds is 4. The number of likely N-dealkylation sites (tertiary alicyclic amines) is 1. The zero-order valence-electron chi connectivity index (χ0n) is 13.3. The molecule has 2 aliphatic heterocycles. The molecular formula is C16H21Cl2N3O2S. The fraction of sp³-hybridized carbons (Fsp3) is 0.625. The predicted octanol–water partition coefficient (Wildman–Crippen LogP) is 2.78. The van der Waals surface area contributed by atoms with Gasteiger partial charge in [0.1, 0.15) is 4.34 Å². The van der Waals surface area contributed by atoms with Gasteiger partial charge in [0.05, 0.1) is 15.9 Å². The molecule has 0 aromatic carbocycles. The lowest BCUT2D eigenvalue weighted by molar-refractivity contribution is -0.123. The molecule has 0 radical (unpaired) electrons. The summed E-state index contributed by atoms with van der Waals surface area (Å²) >= 11 is 13.2. The van der Waals surface area contributed by atoms with Gasteiger partial charge in [0.2, 0.25) is 5.91 Å². The van der Waals surface area contributed by atoms with E-state index in [0.29, 0.717) is 27.3 Å². The summed E-state index contributed by atoms with van der Waals surface area (Å²) in [6.45, 7) is 2.88. The predicted molar refractivity (Wildman–Crippen MR) is 97.0 cm³/mol. The summed E-state index contributed by atoms with van der Waals surface area (Å²) in [6.07, 6.45) is 3.90. The number of nitrogens with zero attached hydrogens (tertiary/aromatic N) is 1. The summed E-state index contributed by atoms with van der Waals surface area (Å²) in [7, 11) is 0. The van der Waals surface area contributed by atoms with E-state index in [1.54, 1.807) is 6.07 Å². The van der Waals surface area contributed by atoms with Crippen molar-refractivity contribution >= 4 is 46.4 Å². The fourth-order valence-corrected chi connectivity index (χ4v) is 4.80. The molecule has 2 aliphatic rings. The molecule has 0 spiro atoms. The lowest BCUT2D eigenvalue weighted by Crippen LogP contribution is -2.46. The van der Waals surface area contributed by atoms with Gasteiger partial charge < -0.3 is 15.5 Å². The molecule has 2 N–H and O–H groups in total. The maximum absolute atomic E-state index is 12.6. The zero-order valence-corrected chi connectivity index (χ0v) is 15.6. The van der Waals surface area contributed by atoms with Gasteiger partial charge in [-0.1, -0.05) is 23.2 Å². The number of hydrogen-bond acceptors (Lipinski definition) is 4. The molecular weight excluding hydrogens is 369 g/mol. The Morgan fingerprint density at radius 2 is 2.17 bits per heavy atom. The molecule has 132 valence electrons. The topological polar surface area (TPSA) is 61.4 Å². The first-order valence-electron chi connectivity index (χ1n) is 8.30. The Kier molecular flexibility index (Phi) is 6.02. The second-order valence-electron chi connectivity index (χ2n) is 6.39. The lowest BCUT2D eigenvalue weighted by atomic mass is 9.97. The summed E-state index contributed by atoms with van der Waals surface area (Å²) in [4.78, 5) is 26.5. The minimum atomic E-state index is -0.0726. The van der Waals surface area contributed by atoms with Crippen molar-refractivity contribution < 1.29 is 9.59 Å². The van der Waals surface area contributed by atoms with Crippen LogP contribution < -0.4 is 10.6 Å². The van der Waals surface area contributed by atoms with E-state index in [1.807, 2.05) is 4.90 Å². The Morgan fingerprint density at radius 1 is 1.33 bits per heavy atom. The van der Waals surface area contributed by atoms with E-state index in [4.69, 9.17) is 23.2 Å². The fourth-order valence-electron chi connectivity index (χ4n) is 3.35. The number of amides is 2. The van der Waals surface area contributed by atoms with E-state index in [2.05, 4.69) is 10.6 Å². The molecule has 1 aromatic rings. The minimum Gasteiger partial charge on any atom is -0.354 e. The zero-order chi connectivity index (χ0) is 17.1. The number of nitrogens with one attached hydrogen (secondary N) is 2. The van der Waals surface area contributed by atoms with Crippen LogP contribution in [0.25, 0.3) is 0 Å². The van der Waals surface area contributed by atoms with Crippen LogP contribution in [-0.2, 0) is 4.79 Å². The Morgan fingerprint density at radius 3 is 2.83 bits per heavy atom. The molecule has 2 saturated heterocycles. The first-order valence-corrected chi connectivity index (χ1v) is 9.87. The molecule has 0 saturated carbocycles. The van der Waals surface area contributed by atoms with Crippen molar-refractivity contribution in [1.29, 1.82) is 0 Å². The highest BCUT2D eigenvalue weighted by molar-refractivity contribution is 7.20. The van der Waals surface area contributed by atoms with E-state index < -0.39 is 0 Å². The summed E-state index contributed by atoms with van der Waals surface area (Å²) < 4.78 is 0.959. The maximum Gasteiger partial charge on any atom is 0.256 e. The average Bonchev–Trinajstić information content (AvgIpc) is 3.22. The Hall–Kier alpha value is -0.820. The second kappa shape index (κ2) is 8.04. The molecule has 5 nitrogen and oxygen atoms in total. The Labute approximate surface area is 155 Å². The molecule has 0 bridgehead atoms. The molecule has 3 heterocycles. The van der Waals surface area contributed by atoms with Crippen molar-refractivity contribution in [3.8, 4) is 0 Å². The minimum absolute atomic E-state index is 0.0573. The Bertz CT molecular complexity index is 616.